The Morgan fingerprint density at radius 2 is 0.262 bits per heavy atom. The van der Waals surface area contributed by atoms with E-state index in [1.165, 1.54) is 347 Å². The molecule has 0 spiro atoms. The van der Waals surface area contributed by atoms with E-state index in [1.54, 1.807) is 0 Å². The molecule has 0 unspecified atom stereocenters. The van der Waals surface area contributed by atoms with Crippen molar-refractivity contribution in [2.45, 2.75) is 593 Å². The van der Waals surface area contributed by atoms with Crippen LogP contribution in [0.1, 0.15) is 581 Å². The third-order valence-electron chi connectivity index (χ3n) is 24.2. The number of carbonyl (C=O) groups is 6. The first kappa shape index (κ1) is 123. The van der Waals surface area contributed by atoms with E-state index in [0.29, 0.717) is 38.5 Å². The average Bonchev–Trinajstić information content (AvgIpc) is 0.945. The minimum absolute atomic E-state index is 0.0806. The van der Waals surface area contributed by atoms with E-state index in [9.17, 15) is 28.8 Å². The third-order valence-corrected chi connectivity index (χ3v) is 24.2. The zero-order valence-corrected chi connectivity index (χ0v) is 84.2. The molecule has 12 nitrogen and oxygen atoms in total. The van der Waals surface area contributed by atoms with Gasteiger partial charge in [0.15, 0.2) is 12.2 Å². The summed E-state index contributed by atoms with van der Waals surface area (Å²) in [5.74, 6) is -1.79. The SMILES string of the molecule is CCCCCCCC/C=C/CCCCCCCC(=O)OCC(COC(=O)CCCCCCC/C=C/CCCCCCCC)OC(=O)CCCCCCC/C=C/CCCCCCCC.CCCCCCCC/C=C/CCCCCCCC(=O)OCC(COC(=O)CCCCCCC/C=C/CCCCCCCC)OC(=O)CCCCCCC/C=C/CCCCCCCC. The van der Waals surface area contributed by atoms with Crippen LogP contribution in [0.15, 0.2) is 72.9 Å². The topological polar surface area (TPSA) is 158 Å². The van der Waals surface area contributed by atoms with Gasteiger partial charge in [-0.1, -0.05) is 423 Å². The van der Waals surface area contributed by atoms with Crippen LogP contribution in [0.4, 0.5) is 0 Å². The minimum Gasteiger partial charge on any atom is -0.462 e. The Labute approximate surface area is 780 Å². The summed E-state index contributed by atoms with van der Waals surface area (Å²) in [6.07, 6.45) is 122. The van der Waals surface area contributed by atoms with Crippen molar-refractivity contribution < 1.29 is 57.2 Å². The zero-order valence-electron chi connectivity index (χ0n) is 84.2. The van der Waals surface area contributed by atoms with Crippen molar-refractivity contribution in [3.8, 4) is 0 Å². The average molecular weight is 1770 g/mol. The lowest BCUT2D eigenvalue weighted by molar-refractivity contribution is -0.167. The van der Waals surface area contributed by atoms with E-state index in [4.69, 9.17) is 28.4 Å². The van der Waals surface area contributed by atoms with Gasteiger partial charge in [-0.2, -0.15) is 0 Å². The van der Waals surface area contributed by atoms with Crippen LogP contribution >= 0.6 is 0 Å². The van der Waals surface area contributed by atoms with Gasteiger partial charge in [-0.3, -0.25) is 28.8 Å². The minimum atomic E-state index is -0.781. The Bertz CT molecular complexity index is 2180. The highest BCUT2D eigenvalue weighted by Gasteiger charge is 2.22. The quantitative estimate of drug-likeness (QED) is 0.0246. The van der Waals surface area contributed by atoms with E-state index in [0.717, 1.165) is 154 Å². The number of allylic oxidation sites excluding steroid dienone is 12. The number of unbranched alkanes of at least 4 members (excludes halogenated alkanes) is 66. The van der Waals surface area contributed by atoms with Crippen molar-refractivity contribution in [2.75, 3.05) is 26.4 Å². The van der Waals surface area contributed by atoms with Gasteiger partial charge in [-0.15, -0.1) is 0 Å². The van der Waals surface area contributed by atoms with Crippen LogP contribution in [-0.4, -0.2) is 74.5 Å². The molecular weight excluding hydrogens is 1560 g/mol. The van der Waals surface area contributed by atoms with E-state index in [-0.39, 0.29) is 62.2 Å². The molecule has 0 aromatic heterocycles. The Morgan fingerprint density at radius 3 is 0.397 bits per heavy atom. The normalized spacial score (nSPS) is 11.8. The molecular formula is C114H208O12. The Morgan fingerprint density at radius 1 is 0.151 bits per heavy atom. The summed E-state index contributed by atoms with van der Waals surface area (Å²) in [5, 5.41) is 0. The Balaban J connectivity index is 0. The van der Waals surface area contributed by atoms with Crippen LogP contribution in [0, 0.1) is 0 Å². The monoisotopic (exact) mass is 1770 g/mol. The summed E-state index contributed by atoms with van der Waals surface area (Å²) >= 11 is 0. The van der Waals surface area contributed by atoms with Crippen LogP contribution in [0.2, 0.25) is 0 Å². The molecule has 126 heavy (non-hydrogen) atoms. The molecule has 0 aliphatic heterocycles. The maximum Gasteiger partial charge on any atom is 0.306 e. The van der Waals surface area contributed by atoms with E-state index in [1.807, 2.05) is 0 Å². The standard InChI is InChI=1S/2C57H104O6/c2*1-4-7-10-13-16-19-22-25-28-31-34-37-40-43-46-49-55(58)61-52-54(63-57(60)51-48-45-42-39-36-33-30-27-24-21-18-15-12-9-6-3)53-62-56(59)50-47-44-41-38-35-32-29-26-23-20-17-14-11-8-5-2/h2*25-30,54H,4-24,31-53H2,1-3H3/b2*28-25+,29-26+,30-27+. The number of esters is 6. The summed E-state index contributed by atoms with van der Waals surface area (Å²) in [5.41, 5.74) is 0. The van der Waals surface area contributed by atoms with E-state index < -0.39 is 12.2 Å². The molecule has 12 heteroatoms. The third kappa shape index (κ3) is 106. The fourth-order valence-electron chi connectivity index (χ4n) is 15.8. The van der Waals surface area contributed by atoms with Crippen molar-refractivity contribution in [3.05, 3.63) is 72.9 Å². The number of rotatable bonds is 100. The maximum atomic E-state index is 12.8. The van der Waals surface area contributed by atoms with Gasteiger partial charge in [0.1, 0.15) is 26.4 Å². The smallest absolute Gasteiger partial charge is 0.306 e. The van der Waals surface area contributed by atoms with E-state index in [2.05, 4.69) is 114 Å². The first-order valence-corrected chi connectivity index (χ1v) is 55.0. The van der Waals surface area contributed by atoms with Gasteiger partial charge in [0.2, 0.25) is 0 Å². The van der Waals surface area contributed by atoms with Crippen LogP contribution in [0.3, 0.4) is 0 Å². The second-order valence-electron chi connectivity index (χ2n) is 37.0. The summed E-state index contributed by atoms with van der Waals surface area (Å²) < 4.78 is 33.6. The van der Waals surface area contributed by atoms with Crippen molar-refractivity contribution >= 4 is 35.8 Å². The first-order chi connectivity index (χ1) is 62.1. The summed E-state index contributed by atoms with van der Waals surface area (Å²) in [6.45, 7) is 13.3. The Hall–Kier alpha value is -4.74. The van der Waals surface area contributed by atoms with E-state index >= 15 is 0 Å². The van der Waals surface area contributed by atoms with Crippen molar-refractivity contribution in [2.24, 2.45) is 0 Å². The predicted octanol–water partition coefficient (Wildman–Crippen LogP) is 36.2. The van der Waals surface area contributed by atoms with Gasteiger partial charge in [-0.05, 0) is 193 Å². The molecule has 0 atom stereocenters. The number of ether oxygens (including phenoxy) is 6. The summed E-state index contributed by atoms with van der Waals surface area (Å²) in [4.78, 5) is 76.1. The second-order valence-corrected chi connectivity index (χ2v) is 37.0. The molecule has 0 aromatic rings. The molecule has 0 fully saturated rings. The molecule has 0 amide bonds. The highest BCUT2D eigenvalue weighted by atomic mass is 16.6. The number of hydrogen-bond acceptors (Lipinski definition) is 12. The van der Waals surface area contributed by atoms with Gasteiger partial charge in [-0.25, -0.2) is 0 Å². The molecule has 0 saturated heterocycles. The van der Waals surface area contributed by atoms with Gasteiger partial charge < -0.3 is 28.4 Å². The van der Waals surface area contributed by atoms with Crippen LogP contribution in [-0.2, 0) is 57.2 Å². The highest BCUT2D eigenvalue weighted by Crippen LogP contribution is 2.21. The predicted molar refractivity (Wildman–Crippen MR) is 540 cm³/mol. The molecule has 0 heterocycles. The van der Waals surface area contributed by atoms with Crippen LogP contribution in [0.25, 0.3) is 0 Å². The molecule has 0 N–H and O–H groups in total. The lowest BCUT2D eigenvalue weighted by Crippen LogP contribution is -2.30. The summed E-state index contributed by atoms with van der Waals surface area (Å²) in [7, 11) is 0. The molecule has 0 bridgehead atoms. The van der Waals surface area contributed by atoms with Gasteiger partial charge in [0.05, 0.1) is 0 Å². The lowest BCUT2D eigenvalue weighted by atomic mass is 10.1. The molecule has 0 rings (SSSR count). The number of carbonyl (C=O) groups excluding carboxylic acids is 6. The van der Waals surface area contributed by atoms with Crippen LogP contribution < -0.4 is 0 Å². The Kier molecular flexibility index (Phi) is 107. The van der Waals surface area contributed by atoms with Crippen LogP contribution in [0.5, 0.6) is 0 Å². The second kappa shape index (κ2) is 109. The maximum absolute atomic E-state index is 12.8. The molecule has 736 valence electrons. The summed E-state index contributed by atoms with van der Waals surface area (Å²) in [6, 6.07) is 0. The van der Waals surface area contributed by atoms with Crippen molar-refractivity contribution in [1.82, 2.24) is 0 Å². The largest absolute Gasteiger partial charge is 0.462 e. The van der Waals surface area contributed by atoms with Gasteiger partial charge in [0.25, 0.3) is 0 Å². The molecule has 0 aliphatic carbocycles. The lowest BCUT2D eigenvalue weighted by Gasteiger charge is -2.18. The van der Waals surface area contributed by atoms with Gasteiger partial charge >= 0.3 is 35.8 Å². The fourth-order valence-corrected chi connectivity index (χ4v) is 15.8. The molecule has 0 aliphatic rings. The first-order valence-electron chi connectivity index (χ1n) is 55.0. The van der Waals surface area contributed by atoms with Gasteiger partial charge in [0, 0.05) is 38.5 Å². The van der Waals surface area contributed by atoms with Crippen molar-refractivity contribution in [1.29, 1.82) is 0 Å². The molecule has 0 radical (unpaired) electrons. The highest BCUT2D eigenvalue weighted by molar-refractivity contribution is 5.72. The molecule has 0 aromatic carbocycles. The van der Waals surface area contributed by atoms with Crippen molar-refractivity contribution in [3.63, 3.8) is 0 Å². The molecule has 0 saturated carbocycles. The zero-order chi connectivity index (χ0) is 91.6. The fraction of sp³-hybridized carbons (Fsp3) is 0.842. The number of hydrogen-bond donors (Lipinski definition) is 0.